The second-order valence-corrected chi connectivity index (χ2v) is 8.16. The fourth-order valence-corrected chi connectivity index (χ4v) is 3.95. The monoisotopic (exact) mass is 417 g/mol. The average molecular weight is 418 g/mol. The van der Waals surface area contributed by atoms with Gasteiger partial charge in [0.2, 0.25) is 0 Å². The molecule has 1 N–H and O–H groups in total. The number of carbonyl (C=O) groups is 3. The van der Waals surface area contributed by atoms with Crippen LogP contribution in [0.5, 0.6) is 0 Å². The minimum Gasteiger partial charge on any atom is -0.462 e. The van der Waals surface area contributed by atoms with Gasteiger partial charge in [-0.15, -0.1) is 11.3 Å². The van der Waals surface area contributed by atoms with E-state index in [0.717, 1.165) is 16.7 Å². The lowest BCUT2D eigenvalue weighted by atomic mass is 10.0. The minimum absolute atomic E-state index is 0.247. The van der Waals surface area contributed by atoms with E-state index in [1.807, 2.05) is 25.3 Å². The first kappa shape index (κ1) is 22.6. The van der Waals surface area contributed by atoms with E-state index >= 15 is 0 Å². The maximum absolute atomic E-state index is 12.4. The van der Waals surface area contributed by atoms with Crippen molar-refractivity contribution in [2.45, 2.75) is 41.0 Å². The Morgan fingerprint density at radius 1 is 1.03 bits per heavy atom. The van der Waals surface area contributed by atoms with E-state index in [4.69, 9.17) is 9.47 Å². The van der Waals surface area contributed by atoms with Gasteiger partial charge in [-0.2, -0.15) is 0 Å². The van der Waals surface area contributed by atoms with Gasteiger partial charge in [-0.05, 0) is 56.2 Å². The maximum Gasteiger partial charge on any atom is 0.341 e. The van der Waals surface area contributed by atoms with Gasteiger partial charge in [0.15, 0.2) is 6.61 Å². The number of benzene rings is 1. The summed E-state index contributed by atoms with van der Waals surface area (Å²) in [6.45, 7) is 9.42. The Morgan fingerprint density at radius 2 is 1.69 bits per heavy atom. The summed E-state index contributed by atoms with van der Waals surface area (Å²) in [4.78, 5) is 36.9. The van der Waals surface area contributed by atoms with Gasteiger partial charge in [0, 0.05) is 0 Å². The second kappa shape index (κ2) is 10.2. The van der Waals surface area contributed by atoms with Crippen LogP contribution in [-0.2, 0) is 20.7 Å². The van der Waals surface area contributed by atoms with Crippen LogP contribution >= 0.6 is 11.3 Å². The number of esters is 2. The highest BCUT2D eigenvalue weighted by molar-refractivity contribution is 7.15. The quantitative estimate of drug-likeness (QED) is 0.638. The Balaban J connectivity index is 2.07. The smallest absolute Gasteiger partial charge is 0.341 e. The van der Waals surface area contributed by atoms with Gasteiger partial charge in [0.25, 0.3) is 5.91 Å². The molecule has 0 aliphatic rings. The van der Waals surface area contributed by atoms with Crippen LogP contribution in [0, 0.1) is 19.8 Å². The molecule has 6 nitrogen and oxygen atoms in total. The SMILES string of the molecule is CCOC(=O)c1c(CC(C)C)csc1NC(=O)COC(=O)c1cc(C)cc(C)c1. The summed E-state index contributed by atoms with van der Waals surface area (Å²) >= 11 is 1.26. The molecule has 2 rings (SSSR count). The van der Waals surface area contributed by atoms with Crippen molar-refractivity contribution in [3.05, 3.63) is 51.4 Å². The number of amides is 1. The average Bonchev–Trinajstić information content (AvgIpc) is 3.00. The van der Waals surface area contributed by atoms with E-state index in [1.165, 1.54) is 11.3 Å². The number of anilines is 1. The summed E-state index contributed by atoms with van der Waals surface area (Å²) < 4.78 is 10.3. The van der Waals surface area contributed by atoms with Crippen molar-refractivity contribution < 1.29 is 23.9 Å². The highest BCUT2D eigenvalue weighted by Crippen LogP contribution is 2.31. The fourth-order valence-electron chi connectivity index (χ4n) is 2.97. The van der Waals surface area contributed by atoms with Crippen molar-refractivity contribution >= 4 is 34.2 Å². The van der Waals surface area contributed by atoms with E-state index in [9.17, 15) is 14.4 Å². The first-order chi connectivity index (χ1) is 13.7. The third kappa shape index (κ3) is 6.42. The molecule has 0 bridgehead atoms. The maximum atomic E-state index is 12.4. The zero-order chi connectivity index (χ0) is 21.6. The Hall–Kier alpha value is -2.67. The molecule has 1 amide bonds. The second-order valence-electron chi connectivity index (χ2n) is 7.28. The van der Waals surface area contributed by atoms with E-state index < -0.39 is 24.5 Å². The Labute approximate surface area is 175 Å². The number of aryl methyl sites for hydroxylation is 2. The van der Waals surface area contributed by atoms with Gasteiger partial charge in [0.05, 0.1) is 17.7 Å². The third-order valence-corrected chi connectivity index (χ3v) is 4.96. The summed E-state index contributed by atoms with van der Waals surface area (Å²) in [5.41, 5.74) is 3.50. The lowest BCUT2D eigenvalue weighted by Gasteiger charge is -2.10. The van der Waals surface area contributed by atoms with Crippen LogP contribution in [0.4, 0.5) is 5.00 Å². The zero-order valence-electron chi connectivity index (χ0n) is 17.5. The van der Waals surface area contributed by atoms with Crippen molar-refractivity contribution in [3.63, 3.8) is 0 Å². The molecule has 1 aromatic heterocycles. The topological polar surface area (TPSA) is 81.7 Å². The Morgan fingerprint density at radius 3 is 2.28 bits per heavy atom. The van der Waals surface area contributed by atoms with E-state index in [-0.39, 0.29) is 6.61 Å². The zero-order valence-corrected chi connectivity index (χ0v) is 18.3. The fraction of sp³-hybridized carbons (Fsp3) is 0.409. The van der Waals surface area contributed by atoms with Crippen LogP contribution in [0.3, 0.4) is 0 Å². The molecule has 0 saturated carbocycles. The van der Waals surface area contributed by atoms with Crippen molar-refractivity contribution in [1.29, 1.82) is 0 Å². The normalized spacial score (nSPS) is 10.7. The molecule has 0 unspecified atom stereocenters. The van der Waals surface area contributed by atoms with Crippen LogP contribution in [0.2, 0.25) is 0 Å². The summed E-state index contributed by atoms with van der Waals surface area (Å²) in [7, 11) is 0. The number of hydrogen-bond donors (Lipinski definition) is 1. The first-order valence-electron chi connectivity index (χ1n) is 9.54. The molecule has 0 saturated heterocycles. The number of carbonyl (C=O) groups excluding carboxylic acids is 3. The van der Waals surface area contributed by atoms with Crippen molar-refractivity contribution in [2.75, 3.05) is 18.5 Å². The summed E-state index contributed by atoms with van der Waals surface area (Å²) in [6.07, 6.45) is 0.697. The first-order valence-corrected chi connectivity index (χ1v) is 10.4. The molecule has 0 atom stereocenters. The number of ether oxygens (including phenoxy) is 2. The molecule has 156 valence electrons. The highest BCUT2D eigenvalue weighted by Gasteiger charge is 2.22. The Kier molecular flexibility index (Phi) is 7.96. The molecule has 0 radical (unpaired) electrons. The van der Waals surface area contributed by atoms with Crippen LogP contribution in [0.25, 0.3) is 0 Å². The van der Waals surface area contributed by atoms with E-state index in [0.29, 0.717) is 28.5 Å². The highest BCUT2D eigenvalue weighted by atomic mass is 32.1. The van der Waals surface area contributed by atoms with Crippen molar-refractivity contribution in [1.82, 2.24) is 0 Å². The lowest BCUT2D eigenvalue weighted by Crippen LogP contribution is -2.22. The molecule has 1 heterocycles. The molecular formula is C22H27NO5S. The molecule has 0 fully saturated rings. The van der Waals surface area contributed by atoms with Gasteiger partial charge in [-0.1, -0.05) is 31.0 Å². The summed E-state index contributed by atoms with van der Waals surface area (Å²) in [5, 5.41) is 4.93. The van der Waals surface area contributed by atoms with Crippen LogP contribution in [0.15, 0.2) is 23.6 Å². The van der Waals surface area contributed by atoms with Crippen molar-refractivity contribution in [3.8, 4) is 0 Å². The molecule has 1 aromatic carbocycles. The molecular weight excluding hydrogens is 390 g/mol. The Bertz CT molecular complexity index is 880. The van der Waals surface area contributed by atoms with E-state index in [1.54, 1.807) is 19.1 Å². The van der Waals surface area contributed by atoms with Gasteiger partial charge in [-0.25, -0.2) is 9.59 Å². The molecule has 2 aromatic rings. The molecule has 0 aliphatic carbocycles. The molecule has 29 heavy (non-hydrogen) atoms. The number of thiophene rings is 1. The number of rotatable bonds is 8. The summed E-state index contributed by atoms with van der Waals surface area (Å²) in [6, 6.07) is 5.37. The van der Waals surface area contributed by atoms with Crippen LogP contribution < -0.4 is 5.32 Å². The number of hydrogen-bond acceptors (Lipinski definition) is 6. The van der Waals surface area contributed by atoms with Crippen LogP contribution in [-0.4, -0.2) is 31.1 Å². The van der Waals surface area contributed by atoms with E-state index in [2.05, 4.69) is 19.2 Å². The predicted octanol–water partition coefficient (Wildman–Crippen LogP) is 4.54. The minimum atomic E-state index is -0.566. The van der Waals surface area contributed by atoms with Gasteiger partial charge in [0.1, 0.15) is 5.00 Å². The largest absolute Gasteiger partial charge is 0.462 e. The predicted molar refractivity (Wildman–Crippen MR) is 114 cm³/mol. The summed E-state index contributed by atoms with van der Waals surface area (Å²) in [5.74, 6) is -1.19. The van der Waals surface area contributed by atoms with Gasteiger partial charge < -0.3 is 14.8 Å². The molecule has 0 aliphatic heterocycles. The van der Waals surface area contributed by atoms with Gasteiger partial charge >= 0.3 is 11.9 Å². The standard InChI is InChI=1S/C22H27NO5S/c1-6-27-22(26)19-17(7-13(2)3)12-29-20(19)23-18(24)11-28-21(25)16-9-14(4)8-15(5)10-16/h8-10,12-13H,6-7,11H2,1-5H3,(H,23,24). The van der Waals surface area contributed by atoms with Gasteiger partial charge in [-0.3, -0.25) is 4.79 Å². The van der Waals surface area contributed by atoms with Crippen LogP contribution in [0.1, 0.15) is 58.2 Å². The lowest BCUT2D eigenvalue weighted by molar-refractivity contribution is -0.119. The molecule has 7 heteroatoms. The third-order valence-electron chi connectivity index (χ3n) is 4.02. The molecule has 0 spiro atoms. The van der Waals surface area contributed by atoms with Crippen molar-refractivity contribution in [2.24, 2.45) is 5.92 Å². The number of nitrogens with one attached hydrogen (secondary N) is 1.